The van der Waals surface area contributed by atoms with Crippen LogP contribution in [-0.4, -0.2) is 32.7 Å². The number of Topliss-reactive ketones (excluding diaryl/α,β-unsaturated/α-hetero) is 1. The Bertz CT molecular complexity index is 820. The van der Waals surface area contributed by atoms with E-state index in [1.165, 1.54) is 12.3 Å². The lowest BCUT2D eigenvalue weighted by molar-refractivity contribution is -0.131. The maximum Gasteiger partial charge on any atom is 0.290 e. The first kappa shape index (κ1) is 15.6. The van der Waals surface area contributed by atoms with Gasteiger partial charge in [-0.2, -0.15) is 0 Å². The number of hydrogen-bond acceptors (Lipinski definition) is 5. The smallest absolute Gasteiger partial charge is 0.290 e. The summed E-state index contributed by atoms with van der Waals surface area (Å²) in [5, 5.41) is 10.5. The van der Waals surface area contributed by atoms with E-state index in [0.29, 0.717) is 0 Å². The van der Waals surface area contributed by atoms with E-state index in [-0.39, 0.29) is 17.4 Å². The molecule has 128 valence electrons. The molecule has 2 aliphatic rings. The lowest BCUT2D eigenvalue weighted by atomic mass is 9.95. The van der Waals surface area contributed by atoms with Crippen molar-refractivity contribution in [3.8, 4) is 0 Å². The largest absolute Gasteiger partial charge is 0.503 e. The molecule has 1 fully saturated rings. The number of carbonyl (C=O) groups excluding carboxylic acids is 2. The predicted octanol–water partition coefficient (Wildman–Crippen LogP) is 3.20. The van der Waals surface area contributed by atoms with E-state index in [1.807, 2.05) is 0 Å². The molecule has 0 radical (unpaired) electrons. The average molecular weight is 338 g/mol. The third kappa shape index (κ3) is 2.54. The van der Waals surface area contributed by atoms with Crippen molar-refractivity contribution < 1.29 is 19.1 Å². The van der Waals surface area contributed by atoms with Gasteiger partial charge in [0.05, 0.1) is 17.9 Å². The number of ketones is 1. The summed E-state index contributed by atoms with van der Waals surface area (Å²) in [6.07, 6.45) is 8.48. The summed E-state index contributed by atoms with van der Waals surface area (Å²) in [5.41, 5.74) is 0.840. The Hall–Kier alpha value is -2.89. The molecule has 1 aliphatic heterocycles. The first-order valence-electron chi connectivity index (χ1n) is 8.42. The van der Waals surface area contributed by atoms with Gasteiger partial charge in [-0.3, -0.25) is 14.6 Å². The van der Waals surface area contributed by atoms with Gasteiger partial charge >= 0.3 is 0 Å². The minimum absolute atomic E-state index is 0.0229. The second kappa shape index (κ2) is 6.20. The molecule has 0 saturated heterocycles. The Morgan fingerprint density at radius 1 is 1.20 bits per heavy atom. The zero-order valence-corrected chi connectivity index (χ0v) is 13.6. The van der Waals surface area contributed by atoms with Crippen LogP contribution in [0.15, 0.2) is 58.7 Å². The minimum atomic E-state index is -0.615. The third-order valence-electron chi connectivity index (χ3n) is 4.97. The number of carbonyl (C=O) groups is 2. The normalized spacial score (nSPS) is 21.4. The standard InChI is InChI=1S/C19H18N2O4/c22-17(14-6-3-11-25-14)15-16(12-7-9-20-10-8-12)21(19(24)18(15)23)13-4-1-2-5-13/h3,6-11,13,16,23H,1-2,4-5H2. The third-order valence-corrected chi connectivity index (χ3v) is 4.97. The van der Waals surface area contributed by atoms with Crippen molar-refractivity contribution >= 4 is 11.7 Å². The molecule has 1 aliphatic carbocycles. The lowest BCUT2D eigenvalue weighted by Gasteiger charge is -2.31. The van der Waals surface area contributed by atoms with Gasteiger partial charge in [-0.25, -0.2) is 0 Å². The summed E-state index contributed by atoms with van der Waals surface area (Å²) in [5.74, 6) is -1.31. The molecule has 6 nitrogen and oxygen atoms in total. The topological polar surface area (TPSA) is 83.6 Å². The SMILES string of the molecule is O=C(C1=C(O)C(=O)N(C2CCCC2)C1c1ccncc1)c1ccco1. The number of amides is 1. The first-order valence-corrected chi connectivity index (χ1v) is 8.42. The van der Waals surface area contributed by atoms with Gasteiger partial charge in [-0.1, -0.05) is 12.8 Å². The monoisotopic (exact) mass is 338 g/mol. The van der Waals surface area contributed by atoms with Crippen LogP contribution in [0.25, 0.3) is 0 Å². The Kier molecular flexibility index (Phi) is 3.87. The van der Waals surface area contributed by atoms with Gasteiger partial charge in [-0.15, -0.1) is 0 Å². The van der Waals surface area contributed by atoms with Crippen molar-refractivity contribution in [1.29, 1.82) is 0 Å². The van der Waals surface area contributed by atoms with E-state index < -0.39 is 23.5 Å². The molecule has 2 aromatic rings. The Morgan fingerprint density at radius 2 is 1.92 bits per heavy atom. The summed E-state index contributed by atoms with van der Waals surface area (Å²) in [6.45, 7) is 0. The molecule has 3 heterocycles. The molecule has 0 bridgehead atoms. The van der Waals surface area contributed by atoms with Crippen LogP contribution >= 0.6 is 0 Å². The molecule has 2 aromatic heterocycles. The summed E-state index contributed by atoms with van der Waals surface area (Å²) >= 11 is 0. The van der Waals surface area contributed by atoms with E-state index in [4.69, 9.17) is 4.42 Å². The van der Waals surface area contributed by atoms with Crippen LogP contribution in [0.3, 0.4) is 0 Å². The fourth-order valence-electron chi connectivity index (χ4n) is 3.83. The maximum atomic E-state index is 12.9. The van der Waals surface area contributed by atoms with Crippen molar-refractivity contribution in [1.82, 2.24) is 9.88 Å². The molecule has 0 spiro atoms. The van der Waals surface area contributed by atoms with Crippen molar-refractivity contribution in [2.45, 2.75) is 37.8 Å². The van der Waals surface area contributed by atoms with Gasteiger partial charge in [0, 0.05) is 18.4 Å². The fourth-order valence-corrected chi connectivity index (χ4v) is 3.83. The van der Waals surface area contributed by atoms with Crippen LogP contribution in [-0.2, 0) is 4.79 Å². The van der Waals surface area contributed by atoms with Gasteiger partial charge in [0.2, 0.25) is 5.78 Å². The summed E-state index contributed by atoms with van der Waals surface area (Å²) in [6, 6.07) is 6.10. The fraction of sp³-hybridized carbons (Fsp3) is 0.316. The van der Waals surface area contributed by atoms with Crippen molar-refractivity contribution in [2.75, 3.05) is 0 Å². The molecule has 0 aromatic carbocycles. The highest BCUT2D eigenvalue weighted by Crippen LogP contribution is 2.43. The van der Waals surface area contributed by atoms with E-state index >= 15 is 0 Å². The summed E-state index contributed by atoms with van der Waals surface area (Å²) in [4.78, 5) is 31.4. The second-order valence-electron chi connectivity index (χ2n) is 6.40. The summed E-state index contributed by atoms with van der Waals surface area (Å²) in [7, 11) is 0. The van der Waals surface area contributed by atoms with Gasteiger partial charge < -0.3 is 14.4 Å². The van der Waals surface area contributed by atoms with E-state index in [2.05, 4.69) is 4.98 Å². The van der Waals surface area contributed by atoms with Crippen LogP contribution in [0.1, 0.15) is 47.8 Å². The number of aromatic nitrogens is 1. The predicted molar refractivity (Wildman–Crippen MR) is 88.8 cm³/mol. The van der Waals surface area contributed by atoms with Gasteiger partial charge in [0.1, 0.15) is 0 Å². The van der Waals surface area contributed by atoms with Crippen LogP contribution in [0.5, 0.6) is 0 Å². The Morgan fingerprint density at radius 3 is 2.56 bits per heavy atom. The van der Waals surface area contributed by atoms with Gasteiger partial charge in [0.15, 0.2) is 11.5 Å². The number of nitrogens with zero attached hydrogens (tertiary/aromatic N) is 2. The molecule has 4 rings (SSSR count). The molecule has 1 amide bonds. The average Bonchev–Trinajstić information content (AvgIpc) is 3.37. The lowest BCUT2D eigenvalue weighted by Crippen LogP contribution is -2.38. The Labute approximate surface area is 144 Å². The first-order chi connectivity index (χ1) is 12.2. The zero-order chi connectivity index (χ0) is 17.4. The highest BCUT2D eigenvalue weighted by molar-refractivity contribution is 6.15. The van der Waals surface area contributed by atoms with E-state index in [9.17, 15) is 14.7 Å². The molecule has 1 unspecified atom stereocenters. The molecule has 6 heteroatoms. The van der Waals surface area contributed by atoms with Crippen molar-refractivity contribution in [3.63, 3.8) is 0 Å². The molecule has 1 saturated carbocycles. The molecule has 25 heavy (non-hydrogen) atoms. The number of hydrogen-bond donors (Lipinski definition) is 1. The molecule has 1 N–H and O–H groups in total. The Balaban J connectivity index is 1.82. The number of furan rings is 1. The van der Waals surface area contributed by atoms with Crippen molar-refractivity contribution in [3.05, 3.63) is 65.6 Å². The van der Waals surface area contributed by atoms with Crippen LogP contribution < -0.4 is 0 Å². The summed E-state index contributed by atoms with van der Waals surface area (Å²) < 4.78 is 5.20. The second-order valence-corrected chi connectivity index (χ2v) is 6.40. The highest BCUT2D eigenvalue weighted by atomic mass is 16.3. The van der Waals surface area contributed by atoms with Crippen LogP contribution in [0.2, 0.25) is 0 Å². The number of aliphatic hydroxyl groups is 1. The van der Waals surface area contributed by atoms with Gasteiger partial charge in [0.25, 0.3) is 5.91 Å². The van der Waals surface area contributed by atoms with Crippen LogP contribution in [0, 0.1) is 0 Å². The number of rotatable bonds is 4. The van der Waals surface area contributed by atoms with Crippen LogP contribution in [0.4, 0.5) is 0 Å². The minimum Gasteiger partial charge on any atom is -0.503 e. The zero-order valence-electron chi connectivity index (χ0n) is 13.6. The molecular formula is C19H18N2O4. The maximum absolute atomic E-state index is 12.9. The van der Waals surface area contributed by atoms with E-state index in [1.54, 1.807) is 35.5 Å². The number of pyridine rings is 1. The van der Waals surface area contributed by atoms with E-state index in [0.717, 1.165) is 31.2 Å². The molecule has 1 atom stereocenters. The van der Waals surface area contributed by atoms with Gasteiger partial charge in [-0.05, 0) is 42.7 Å². The quantitative estimate of drug-likeness (QED) is 0.866. The highest BCUT2D eigenvalue weighted by Gasteiger charge is 2.47. The number of aliphatic hydroxyl groups excluding tert-OH is 1. The van der Waals surface area contributed by atoms with Crippen molar-refractivity contribution in [2.24, 2.45) is 0 Å². The molecular weight excluding hydrogens is 320 g/mol.